The Hall–Kier alpha value is -3.56. The number of hydrogen-bond acceptors (Lipinski definition) is 7. The molecule has 0 fully saturated rings. The molecule has 0 unspecified atom stereocenters. The van der Waals surface area contributed by atoms with Gasteiger partial charge in [-0.3, -0.25) is 5.32 Å². The number of benzene rings is 2. The van der Waals surface area contributed by atoms with Crippen LogP contribution in [0.1, 0.15) is 27.2 Å². The molecule has 0 bridgehead atoms. The monoisotopic (exact) mass is 441 g/mol. The molecule has 3 rings (SSSR count). The van der Waals surface area contributed by atoms with Crippen LogP contribution in [0.2, 0.25) is 0 Å². The minimum Gasteiger partial charge on any atom is -0.496 e. The summed E-state index contributed by atoms with van der Waals surface area (Å²) in [5, 5.41) is 16.6. The van der Waals surface area contributed by atoms with Gasteiger partial charge in [-0.2, -0.15) is 5.10 Å². The van der Waals surface area contributed by atoms with E-state index in [9.17, 15) is 4.79 Å². The Labute approximate surface area is 186 Å². The average Bonchev–Trinajstić information content (AvgIpc) is 3.05. The quantitative estimate of drug-likeness (QED) is 0.344. The van der Waals surface area contributed by atoms with Crippen molar-refractivity contribution >= 4 is 5.97 Å². The summed E-state index contributed by atoms with van der Waals surface area (Å²) in [4.78, 5) is 10.9. The van der Waals surface area contributed by atoms with Crippen LogP contribution in [0.4, 0.5) is 0 Å². The van der Waals surface area contributed by atoms with E-state index in [0.717, 1.165) is 16.8 Å². The van der Waals surface area contributed by atoms with Gasteiger partial charge in [0.1, 0.15) is 17.2 Å². The van der Waals surface area contributed by atoms with E-state index in [1.165, 1.54) is 0 Å². The lowest BCUT2D eigenvalue weighted by Crippen LogP contribution is -2.17. The van der Waals surface area contributed by atoms with E-state index in [2.05, 4.69) is 10.4 Å². The number of nitrogens with zero attached hydrogens (tertiary/aromatic N) is 2. The minimum atomic E-state index is -0.940. The molecule has 2 aromatic carbocycles. The molecule has 0 saturated heterocycles. The maximum Gasteiger partial charge on any atom is 0.335 e. The lowest BCUT2D eigenvalue weighted by Gasteiger charge is -2.12. The number of methoxy groups -OCH3 is 2. The summed E-state index contributed by atoms with van der Waals surface area (Å²) in [6.45, 7) is 3.07. The Morgan fingerprint density at radius 2 is 1.69 bits per heavy atom. The zero-order chi connectivity index (χ0) is 23.1. The number of aromatic nitrogens is 2. The number of carbonyl (C=O) groups is 1. The topological polar surface area (TPSA) is 104 Å². The van der Waals surface area contributed by atoms with Crippen molar-refractivity contribution in [2.24, 2.45) is 7.05 Å². The summed E-state index contributed by atoms with van der Waals surface area (Å²) in [5.74, 6) is 1.44. The van der Waals surface area contributed by atoms with E-state index in [1.54, 1.807) is 61.4 Å². The molecule has 1 heterocycles. The SMILES string of the molecule is COc1cc(OC)cc(Oc2c(COCNCc3ccc(C(=O)O)cc3)c(C)nn2C)c1. The van der Waals surface area contributed by atoms with Gasteiger partial charge in [0.25, 0.3) is 0 Å². The van der Waals surface area contributed by atoms with Gasteiger partial charge in [0.15, 0.2) is 0 Å². The molecule has 0 saturated carbocycles. The molecule has 170 valence electrons. The van der Waals surface area contributed by atoms with Crippen molar-refractivity contribution < 1.29 is 28.8 Å². The third-order valence-electron chi connectivity index (χ3n) is 4.81. The Kier molecular flexibility index (Phi) is 7.69. The lowest BCUT2D eigenvalue weighted by molar-refractivity contribution is 0.0696. The molecule has 3 aromatic rings. The number of ether oxygens (including phenoxy) is 4. The fourth-order valence-corrected chi connectivity index (χ4v) is 3.11. The highest BCUT2D eigenvalue weighted by atomic mass is 16.5. The van der Waals surface area contributed by atoms with Crippen LogP contribution in [-0.4, -0.2) is 41.8 Å². The number of hydrogen-bond donors (Lipinski definition) is 2. The van der Waals surface area contributed by atoms with Gasteiger partial charge in [-0.25, -0.2) is 9.48 Å². The number of rotatable bonds is 11. The standard InChI is InChI=1S/C23H27N3O6/c1-15-21(13-31-14-24-12-16-5-7-17(8-6-16)23(27)28)22(26(2)25-15)32-20-10-18(29-3)9-19(11-20)30-4/h5-11,24H,12-14H2,1-4H3,(H,27,28). The molecular weight excluding hydrogens is 414 g/mol. The van der Waals surface area contributed by atoms with Crippen LogP contribution in [0.5, 0.6) is 23.1 Å². The summed E-state index contributed by atoms with van der Waals surface area (Å²) in [5.41, 5.74) is 2.87. The second-order valence-electron chi connectivity index (χ2n) is 7.06. The highest BCUT2D eigenvalue weighted by molar-refractivity contribution is 5.87. The molecule has 9 nitrogen and oxygen atoms in total. The Morgan fingerprint density at radius 1 is 1.06 bits per heavy atom. The third kappa shape index (κ3) is 5.77. The van der Waals surface area contributed by atoms with Crippen molar-refractivity contribution in [3.05, 3.63) is 64.8 Å². The van der Waals surface area contributed by atoms with Gasteiger partial charge < -0.3 is 24.1 Å². The van der Waals surface area contributed by atoms with Crippen molar-refractivity contribution in [2.75, 3.05) is 21.0 Å². The summed E-state index contributed by atoms with van der Waals surface area (Å²) >= 11 is 0. The smallest absolute Gasteiger partial charge is 0.335 e. The summed E-state index contributed by atoms with van der Waals surface area (Å²) in [6.07, 6.45) is 0. The maximum atomic E-state index is 10.9. The van der Waals surface area contributed by atoms with Gasteiger partial charge in [0.2, 0.25) is 5.88 Å². The first-order valence-electron chi connectivity index (χ1n) is 9.95. The Balaban J connectivity index is 1.59. The Morgan fingerprint density at radius 3 is 2.28 bits per heavy atom. The molecule has 0 amide bonds. The Bertz CT molecular complexity index is 1040. The fourth-order valence-electron chi connectivity index (χ4n) is 3.11. The minimum absolute atomic E-state index is 0.262. The molecular formula is C23H27N3O6. The fraction of sp³-hybridized carbons (Fsp3) is 0.304. The predicted octanol–water partition coefficient (Wildman–Crippen LogP) is 3.50. The normalized spacial score (nSPS) is 10.8. The van der Waals surface area contributed by atoms with Crippen molar-refractivity contribution in [2.45, 2.75) is 20.1 Å². The van der Waals surface area contributed by atoms with Gasteiger partial charge in [0, 0.05) is 31.8 Å². The second-order valence-corrected chi connectivity index (χ2v) is 7.06. The predicted molar refractivity (Wildman–Crippen MR) is 117 cm³/mol. The molecule has 0 atom stereocenters. The van der Waals surface area contributed by atoms with Crippen molar-refractivity contribution in [1.82, 2.24) is 15.1 Å². The average molecular weight is 441 g/mol. The summed E-state index contributed by atoms with van der Waals surface area (Å²) in [7, 11) is 4.97. The highest BCUT2D eigenvalue weighted by Gasteiger charge is 2.17. The largest absolute Gasteiger partial charge is 0.496 e. The molecule has 1 aromatic heterocycles. The van der Waals surface area contributed by atoms with E-state index >= 15 is 0 Å². The van der Waals surface area contributed by atoms with Crippen LogP contribution in [0, 0.1) is 6.92 Å². The van der Waals surface area contributed by atoms with E-state index in [-0.39, 0.29) is 5.56 Å². The van der Waals surface area contributed by atoms with Crippen molar-refractivity contribution in [3.8, 4) is 23.1 Å². The molecule has 9 heteroatoms. The van der Waals surface area contributed by atoms with Crippen LogP contribution in [0.15, 0.2) is 42.5 Å². The number of aromatic carboxylic acids is 1. The third-order valence-corrected chi connectivity index (χ3v) is 4.81. The van der Waals surface area contributed by atoms with Crippen molar-refractivity contribution in [1.29, 1.82) is 0 Å². The second kappa shape index (κ2) is 10.7. The molecule has 0 aliphatic rings. The van der Waals surface area contributed by atoms with E-state index in [0.29, 0.717) is 43.0 Å². The molecule has 2 N–H and O–H groups in total. The molecule has 32 heavy (non-hydrogen) atoms. The van der Waals surface area contributed by atoms with Crippen LogP contribution < -0.4 is 19.5 Å². The van der Waals surface area contributed by atoms with Crippen LogP contribution in [0.3, 0.4) is 0 Å². The summed E-state index contributed by atoms with van der Waals surface area (Å²) in [6, 6.07) is 12.0. The zero-order valence-electron chi connectivity index (χ0n) is 18.5. The van der Waals surface area contributed by atoms with Gasteiger partial charge >= 0.3 is 5.97 Å². The van der Waals surface area contributed by atoms with Crippen LogP contribution >= 0.6 is 0 Å². The molecule has 0 aliphatic heterocycles. The molecule has 0 radical (unpaired) electrons. The van der Waals surface area contributed by atoms with Crippen LogP contribution in [-0.2, 0) is 24.9 Å². The maximum absolute atomic E-state index is 10.9. The number of nitrogens with one attached hydrogen (secondary N) is 1. The summed E-state index contributed by atoms with van der Waals surface area (Å²) < 4.78 is 24.1. The first kappa shape index (κ1) is 23.1. The first-order chi connectivity index (χ1) is 15.4. The molecule has 0 aliphatic carbocycles. The van der Waals surface area contributed by atoms with Gasteiger partial charge in [0.05, 0.1) is 44.4 Å². The van der Waals surface area contributed by atoms with Gasteiger partial charge in [-0.1, -0.05) is 12.1 Å². The zero-order valence-corrected chi connectivity index (χ0v) is 18.5. The van der Waals surface area contributed by atoms with E-state index < -0.39 is 5.97 Å². The van der Waals surface area contributed by atoms with Gasteiger partial charge in [-0.05, 0) is 24.6 Å². The van der Waals surface area contributed by atoms with Crippen LogP contribution in [0.25, 0.3) is 0 Å². The van der Waals surface area contributed by atoms with Crippen molar-refractivity contribution in [3.63, 3.8) is 0 Å². The van der Waals surface area contributed by atoms with E-state index in [4.69, 9.17) is 24.1 Å². The number of aryl methyl sites for hydroxylation is 2. The molecule has 0 spiro atoms. The van der Waals surface area contributed by atoms with E-state index in [1.807, 2.05) is 14.0 Å². The lowest BCUT2D eigenvalue weighted by atomic mass is 10.1. The van der Waals surface area contributed by atoms with Gasteiger partial charge in [-0.15, -0.1) is 0 Å². The highest BCUT2D eigenvalue weighted by Crippen LogP contribution is 2.33. The number of carboxylic acid groups (broad SMARTS) is 1. The number of carboxylic acids is 1. The first-order valence-corrected chi connectivity index (χ1v) is 9.95.